The van der Waals surface area contributed by atoms with Gasteiger partial charge in [-0.25, -0.2) is 0 Å². The predicted molar refractivity (Wildman–Crippen MR) is 84.6 cm³/mol. The summed E-state index contributed by atoms with van der Waals surface area (Å²) in [6.45, 7) is 6.40. The van der Waals surface area contributed by atoms with Crippen molar-refractivity contribution >= 4 is 6.08 Å². The van der Waals surface area contributed by atoms with Crippen LogP contribution in [0.1, 0.15) is 26.3 Å². The Morgan fingerprint density at radius 2 is 2.05 bits per heavy atom. The summed E-state index contributed by atoms with van der Waals surface area (Å²) in [4.78, 5) is 10.8. The summed E-state index contributed by atoms with van der Waals surface area (Å²) in [7, 11) is 0. The molecule has 1 heterocycles. The van der Waals surface area contributed by atoms with Crippen LogP contribution in [0, 0.1) is 27.9 Å². The zero-order valence-electron chi connectivity index (χ0n) is 13.3. The largest absolute Gasteiger partial charge is 0.468 e. The van der Waals surface area contributed by atoms with Crippen molar-refractivity contribution in [3.63, 3.8) is 0 Å². The SMILES string of the molecule is CCO[C@H]1O/C(=C\c2ccccc2)[C@@H](C[N+](=O)[O-])[C@H]1C(C)C. The third kappa shape index (κ3) is 3.85. The second-order valence-corrected chi connectivity index (χ2v) is 5.84. The van der Waals surface area contributed by atoms with Gasteiger partial charge >= 0.3 is 0 Å². The van der Waals surface area contributed by atoms with Gasteiger partial charge in [0.25, 0.3) is 0 Å². The van der Waals surface area contributed by atoms with E-state index in [4.69, 9.17) is 9.47 Å². The van der Waals surface area contributed by atoms with Crippen molar-refractivity contribution in [3.8, 4) is 0 Å². The van der Waals surface area contributed by atoms with E-state index in [1.807, 2.05) is 43.3 Å². The topological polar surface area (TPSA) is 61.6 Å². The monoisotopic (exact) mass is 305 g/mol. The molecule has 0 aromatic heterocycles. The number of hydrogen-bond acceptors (Lipinski definition) is 4. The van der Waals surface area contributed by atoms with E-state index in [2.05, 4.69) is 13.8 Å². The second-order valence-electron chi connectivity index (χ2n) is 5.84. The minimum Gasteiger partial charge on any atom is -0.468 e. The molecule has 0 unspecified atom stereocenters. The second kappa shape index (κ2) is 7.40. The van der Waals surface area contributed by atoms with E-state index in [1.54, 1.807) is 0 Å². The molecule has 5 heteroatoms. The van der Waals surface area contributed by atoms with Gasteiger partial charge in [0.1, 0.15) is 5.76 Å². The molecule has 0 radical (unpaired) electrons. The highest BCUT2D eigenvalue weighted by Crippen LogP contribution is 2.41. The first-order valence-electron chi connectivity index (χ1n) is 7.69. The summed E-state index contributed by atoms with van der Waals surface area (Å²) in [5.41, 5.74) is 0.977. The first-order valence-corrected chi connectivity index (χ1v) is 7.69. The fourth-order valence-corrected chi connectivity index (χ4v) is 2.99. The van der Waals surface area contributed by atoms with Gasteiger partial charge in [0.2, 0.25) is 12.8 Å². The number of nitrogens with zero attached hydrogens (tertiary/aromatic N) is 1. The van der Waals surface area contributed by atoms with Gasteiger partial charge in [-0.2, -0.15) is 0 Å². The Labute approximate surface area is 131 Å². The van der Waals surface area contributed by atoms with Crippen LogP contribution in [0.3, 0.4) is 0 Å². The highest BCUT2D eigenvalue weighted by molar-refractivity contribution is 5.52. The highest BCUT2D eigenvalue weighted by atomic mass is 16.7. The molecule has 1 fully saturated rings. The van der Waals surface area contributed by atoms with Crippen molar-refractivity contribution in [1.29, 1.82) is 0 Å². The summed E-state index contributed by atoms with van der Waals surface area (Å²) < 4.78 is 11.6. The van der Waals surface area contributed by atoms with Crippen LogP contribution in [0.2, 0.25) is 0 Å². The lowest BCUT2D eigenvalue weighted by atomic mass is 9.83. The zero-order chi connectivity index (χ0) is 16.1. The molecule has 0 spiro atoms. The van der Waals surface area contributed by atoms with E-state index >= 15 is 0 Å². The van der Waals surface area contributed by atoms with Crippen LogP contribution < -0.4 is 0 Å². The van der Waals surface area contributed by atoms with Crippen molar-refractivity contribution in [2.75, 3.05) is 13.2 Å². The molecule has 2 rings (SSSR count). The van der Waals surface area contributed by atoms with Crippen molar-refractivity contribution in [3.05, 3.63) is 51.8 Å². The summed E-state index contributed by atoms with van der Waals surface area (Å²) in [6, 6.07) is 9.72. The lowest BCUT2D eigenvalue weighted by molar-refractivity contribution is -0.488. The van der Waals surface area contributed by atoms with Gasteiger partial charge in [-0.05, 0) is 24.5 Å². The van der Waals surface area contributed by atoms with Crippen LogP contribution in [0.5, 0.6) is 0 Å². The Hall–Kier alpha value is -1.88. The van der Waals surface area contributed by atoms with E-state index < -0.39 is 6.29 Å². The van der Waals surface area contributed by atoms with Gasteiger partial charge in [-0.15, -0.1) is 0 Å². The molecule has 120 valence electrons. The van der Waals surface area contributed by atoms with Crippen LogP contribution in [0.4, 0.5) is 0 Å². The molecule has 3 atom stereocenters. The molecular formula is C17H23NO4. The molecule has 1 aliphatic heterocycles. The average molecular weight is 305 g/mol. The number of hydrogen-bond donors (Lipinski definition) is 0. The van der Waals surface area contributed by atoms with Crippen LogP contribution in [0.15, 0.2) is 36.1 Å². The minimum absolute atomic E-state index is 0.0136. The predicted octanol–water partition coefficient (Wildman–Crippen LogP) is 3.59. The molecule has 0 aliphatic carbocycles. The standard InChI is InChI=1S/C17H23NO4/c1-4-21-17-16(12(2)3)14(11-18(19)20)15(22-17)10-13-8-6-5-7-9-13/h5-10,12,14,16-17H,4,11H2,1-3H3/b15-10-/t14-,16-,17+/m1/s1. The molecule has 1 aromatic rings. The van der Waals surface area contributed by atoms with Crippen LogP contribution in [-0.2, 0) is 9.47 Å². The van der Waals surface area contributed by atoms with Crippen LogP contribution in [0.25, 0.3) is 6.08 Å². The first-order chi connectivity index (χ1) is 10.5. The molecule has 22 heavy (non-hydrogen) atoms. The van der Waals surface area contributed by atoms with Gasteiger partial charge in [0.05, 0.1) is 5.92 Å². The molecular weight excluding hydrogens is 282 g/mol. The maximum Gasteiger partial charge on any atom is 0.214 e. The lowest BCUT2D eigenvalue weighted by Gasteiger charge is -2.23. The van der Waals surface area contributed by atoms with Gasteiger partial charge in [0, 0.05) is 17.4 Å². The van der Waals surface area contributed by atoms with E-state index in [-0.39, 0.29) is 29.2 Å². The number of nitro groups is 1. The molecule has 0 N–H and O–H groups in total. The number of rotatable bonds is 6. The lowest BCUT2D eigenvalue weighted by Crippen LogP contribution is -2.31. The van der Waals surface area contributed by atoms with Gasteiger partial charge in [-0.3, -0.25) is 10.1 Å². The quantitative estimate of drug-likeness (QED) is 0.595. The highest BCUT2D eigenvalue weighted by Gasteiger charge is 2.46. The summed E-state index contributed by atoms with van der Waals surface area (Å²) in [5.74, 6) is 0.621. The van der Waals surface area contributed by atoms with Crippen LogP contribution in [-0.4, -0.2) is 24.4 Å². The zero-order valence-corrected chi connectivity index (χ0v) is 13.3. The van der Waals surface area contributed by atoms with E-state index in [0.717, 1.165) is 5.56 Å². The van der Waals surface area contributed by atoms with Crippen molar-refractivity contribution in [2.24, 2.45) is 17.8 Å². The van der Waals surface area contributed by atoms with E-state index in [0.29, 0.717) is 12.4 Å². The third-order valence-corrected chi connectivity index (χ3v) is 3.95. The Kier molecular flexibility index (Phi) is 5.55. The minimum atomic E-state index is -0.412. The Morgan fingerprint density at radius 1 is 1.36 bits per heavy atom. The summed E-state index contributed by atoms with van der Waals surface area (Å²) >= 11 is 0. The molecule has 1 saturated heterocycles. The Bertz CT molecular complexity index is 527. The summed E-state index contributed by atoms with van der Waals surface area (Å²) in [5, 5.41) is 11.1. The molecule has 5 nitrogen and oxygen atoms in total. The Morgan fingerprint density at radius 3 is 2.59 bits per heavy atom. The third-order valence-electron chi connectivity index (χ3n) is 3.95. The summed E-state index contributed by atoms with van der Waals surface area (Å²) in [6.07, 6.45) is 1.48. The fourth-order valence-electron chi connectivity index (χ4n) is 2.99. The van der Waals surface area contributed by atoms with Crippen molar-refractivity contribution < 1.29 is 14.4 Å². The molecule has 1 aliphatic rings. The molecule has 0 bridgehead atoms. The van der Waals surface area contributed by atoms with E-state index in [1.165, 1.54) is 0 Å². The Balaban J connectivity index is 2.33. The normalized spacial score (nSPS) is 26.4. The van der Waals surface area contributed by atoms with Crippen molar-refractivity contribution in [1.82, 2.24) is 0 Å². The molecule has 0 amide bonds. The maximum atomic E-state index is 11.1. The van der Waals surface area contributed by atoms with Gasteiger partial charge < -0.3 is 9.47 Å². The number of ether oxygens (including phenoxy) is 2. The average Bonchev–Trinajstić information content (AvgIpc) is 2.77. The molecule has 0 saturated carbocycles. The fraction of sp³-hybridized carbons (Fsp3) is 0.529. The maximum absolute atomic E-state index is 11.1. The van der Waals surface area contributed by atoms with Gasteiger partial charge in [0.15, 0.2) is 0 Å². The van der Waals surface area contributed by atoms with Gasteiger partial charge in [-0.1, -0.05) is 44.2 Å². The van der Waals surface area contributed by atoms with E-state index in [9.17, 15) is 10.1 Å². The molecule has 1 aromatic carbocycles. The van der Waals surface area contributed by atoms with Crippen molar-refractivity contribution in [2.45, 2.75) is 27.1 Å². The first kappa shape index (κ1) is 16.5. The smallest absolute Gasteiger partial charge is 0.214 e. The number of benzene rings is 1. The van der Waals surface area contributed by atoms with Crippen LogP contribution >= 0.6 is 0 Å².